The number of carbonyl (C=O) groups is 1. The van der Waals surface area contributed by atoms with Crippen LogP contribution in [0.2, 0.25) is 5.02 Å². The summed E-state index contributed by atoms with van der Waals surface area (Å²) < 4.78 is 0. The molecule has 2 N–H and O–H groups in total. The van der Waals surface area contributed by atoms with E-state index >= 15 is 0 Å². The van der Waals surface area contributed by atoms with Crippen LogP contribution in [0.4, 0.5) is 5.95 Å². The van der Waals surface area contributed by atoms with E-state index in [-0.39, 0.29) is 5.91 Å². The monoisotopic (exact) mass is 358 g/mol. The van der Waals surface area contributed by atoms with Crippen molar-refractivity contribution in [3.8, 4) is 10.6 Å². The molecule has 3 rings (SSSR count). The SMILES string of the molecule is CNc1nccc(-c2ccc(C(=O)NCc3ccc(Cl)cc3)s2)n1. The fourth-order valence-electron chi connectivity index (χ4n) is 2.09. The molecule has 1 amide bonds. The molecule has 0 spiro atoms. The number of carbonyl (C=O) groups excluding carboxylic acids is 1. The normalized spacial score (nSPS) is 10.4. The molecule has 1 aromatic carbocycles. The van der Waals surface area contributed by atoms with Crippen LogP contribution in [0.15, 0.2) is 48.7 Å². The van der Waals surface area contributed by atoms with Gasteiger partial charge in [0.1, 0.15) is 0 Å². The molecule has 0 saturated carbocycles. The van der Waals surface area contributed by atoms with Crippen LogP contribution < -0.4 is 10.6 Å². The second-order valence-electron chi connectivity index (χ2n) is 4.99. The number of nitrogens with one attached hydrogen (secondary N) is 2. The maximum atomic E-state index is 12.3. The molecule has 0 aliphatic heterocycles. The van der Waals surface area contributed by atoms with Crippen LogP contribution >= 0.6 is 22.9 Å². The van der Waals surface area contributed by atoms with Crippen molar-refractivity contribution in [3.63, 3.8) is 0 Å². The lowest BCUT2D eigenvalue weighted by molar-refractivity contribution is 0.0955. The Balaban J connectivity index is 1.68. The Hall–Kier alpha value is -2.44. The van der Waals surface area contributed by atoms with E-state index in [1.807, 2.05) is 24.3 Å². The molecule has 2 heterocycles. The molecule has 0 fully saturated rings. The van der Waals surface area contributed by atoms with Gasteiger partial charge in [-0.1, -0.05) is 23.7 Å². The molecule has 2 aromatic heterocycles. The van der Waals surface area contributed by atoms with Crippen LogP contribution in [0.25, 0.3) is 10.6 Å². The van der Waals surface area contributed by atoms with Gasteiger partial charge >= 0.3 is 0 Å². The van der Waals surface area contributed by atoms with Crippen molar-refractivity contribution in [2.75, 3.05) is 12.4 Å². The standard InChI is InChI=1S/C17H15ClN4OS/c1-19-17-20-9-8-13(22-17)14-6-7-15(24-14)16(23)21-10-11-2-4-12(18)5-3-11/h2-9H,10H2,1H3,(H,21,23)(H,19,20,22). The minimum atomic E-state index is -0.107. The highest BCUT2D eigenvalue weighted by Gasteiger charge is 2.11. The summed E-state index contributed by atoms with van der Waals surface area (Å²) in [6, 6.07) is 12.9. The van der Waals surface area contributed by atoms with Gasteiger partial charge in [0.25, 0.3) is 5.91 Å². The molecule has 0 aliphatic rings. The maximum absolute atomic E-state index is 12.3. The van der Waals surface area contributed by atoms with Crippen LogP contribution in [0.3, 0.4) is 0 Å². The minimum Gasteiger partial charge on any atom is -0.357 e. The first-order chi connectivity index (χ1) is 11.7. The molecule has 3 aromatic rings. The first-order valence-electron chi connectivity index (χ1n) is 7.29. The molecule has 0 radical (unpaired) electrons. The molecule has 0 unspecified atom stereocenters. The van der Waals surface area contributed by atoms with E-state index in [0.29, 0.717) is 22.4 Å². The molecule has 0 saturated heterocycles. The van der Waals surface area contributed by atoms with Crippen LogP contribution in [-0.2, 0) is 6.54 Å². The first kappa shape index (κ1) is 16.4. The third kappa shape index (κ3) is 3.90. The van der Waals surface area contributed by atoms with E-state index in [4.69, 9.17) is 11.6 Å². The Morgan fingerprint density at radius 2 is 1.96 bits per heavy atom. The van der Waals surface area contributed by atoms with Crippen molar-refractivity contribution in [2.24, 2.45) is 0 Å². The molecular formula is C17H15ClN4OS. The number of hydrogen-bond donors (Lipinski definition) is 2. The quantitative estimate of drug-likeness (QED) is 0.727. The zero-order valence-electron chi connectivity index (χ0n) is 12.9. The van der Waals surface area contributed by atoms with Crippen LogP contribution in [0.1, 0.15) is 15.2 Å². The molecule has 0 atom stereocenters. The third-order valence-electron chi connectivity index (χ3n) is 3.33. The van der Waals surface area contributed by atoms with E-state index in [0.717, 1.165) is 16.1 Å². The number of anilines is 1. The van der Waals surface area contributed by atoms with Gasteiger partial charge in [-0.2, -0.15) is 0 Å². The average Bonchev–Trinajstić information content (AvgIpc) is 3.11. The molecule has 7 heteroatoms. The number of thiophene rings is 1. The van der Waals surface area contributed by atoms with Gasteiger partial charge in [-0.3, -0.25) is 4.79 Å². The van der Waals surface area contributed by atoms with E-state index in [2.05, 4.69) is 20.6 Å². The fourth-order valence-corrected chi connectivity index (χ4v) is 3.10. The number of rotatable bonds is 5. The Bertz CT molecular complexity index is 848. The third-order valence-corrected chi connectivity index (χ3v) is 4.69. The minimum absolute atomic E-state index is 0.107. The number of hydrogen-bond acceptors (Lipinski definition) is 5. The summed E-state index contributed by atoms with van der Waals surface area (Å²) in [5.74, 6) is 0.443. The van der Waals surface area contributed by atoms with E-state index in [1.54, 1.807) is 31.4 Å². The predicted octanol–water partition coefficient (Wildman–Crippen LogP) is 3.83. The molecule has 122 valence electrons. The number of amides is 1. The average molecular weight is 359 g/mol. The molecular weight excluding hydrogens is 344 g/mol. The van der Waals surface area contributed by atoms with Crippen molar-refractivity contribution in [1.29, 1.82) is 0 Å². The number of nitrogens with zero attached hydrogens (tertiary/aromatic N) is 2. The lowest BCUT2D eigenvalue weighted by atomic mass is 10.2. The van der Waals surface area contributed by atoms with Crippen molar-refractivity contribution in [1.82, 2.24) is 15.3 Å². The van der Waals surface area contributed by atoms with Gasteiger partial charge in [-0.15, -0.1) is 11.3 Å². The Labute approximate surface area is 148 Å². The van der Waals surface area contributed by atoms with Crippen molar-refractivity contribution in [2.45, 2.75) is 6.54 Å². The zero-order chi connectivity index (χ0) is 16.9. The maximum Gasteiger partial charge on any atom is 0.261 e. The van der Waals surface area contributed by atoms with Crippen LogP contribution in [-0.4, -0.2) is 22.9 Å². The highest BCUT2D eigenvalue weighted by molar-refractivity contribution is 7.17. The summed E-state index contributed by atoms with van der Waals surface area (Å²) in [7, 11) is 1.77. The molecule has 24 heavy (non-hydrogen) atoms. The van der Waals surface area contributed by atoms with Crippen molar-refractivity contribution in [3.05, 3.63) is 64.1 Å². The number of benzene rings is 1. The van der Waals surface area contributed by atoms with Gasteiger partial charge in [0.15, 0.2) is 0 Å². The second kappa shape index (κ2) is 7.42. The fraction of sp³-hybridized carbons (Fsp3) is 0.118. The van der Waals surface area contributed by atoms with Gasteiger partial charge in [0.05, 0.1) is 15.4 Å². The topological polar surface area (TPSA) is 66.9 Å². The Kier molecular flexibility index (Phi) is 5.08. The van der Waals surface area contributed by atoms with E-state index < -0.39 is 0 Å². The van der Waals surface area contributed by atoms with Gasteiger partial charge < -0.3 is 10.6 Å². The van der Waals surface area contributed by atoms with Gasteiger partial charge in [0, 0.05) is 24.8 Å². The Morgan fingerprint density at radius 1 is 1.17 bits per heavy atom. The number of aromatic nitrogens is 2. The van der Waals surface area contributed by atoms with Crippen molar-refractivity contribution >= 4 is 34.8 Å². The van der Waals surface area contributed by atoms with Crippen LogP contribution in [0, 0.1) is 0 Å². The largest absolute Gasteiger partial charge is 0.357 e. The summed E-state index contributed by atoms with van der Waals surface area (Å²) in [5, 5.41) is 6.49. The number of halogens is 1. The zero-order valence-corrected chi connectivity index (χ0v) is 14.5. The smallest absolute Gasteiger partial charge is 0.261 e. The van der Waals surface area contributed by atoms with Gasteiger partial charge in [-0.25, -0.2) is 9.97 Å². The Morgan fingerprint density at radius 3 is 2.71 bits per heavy atom. The van der Waals surface area contributed by atoms with Crippen molar-refractivity contribution < 1.29 is 4.79 Å². The summed E-state index contributed by atoms with van der Waals surface area (Å²) in [4.78, 5) is 22.3. The first-order valence-corrected chi connectivity index (χ1v) is 8.49. The molecule has 0 aliphatic carbocycles. The summed E-state index contributed by atoms with van der Waals surface area (Å²) in [5.41, 5.74) is 1.79. The highest BCUT2D eigenvalue weighted by atomic mass is 35.5. The van der Waals surface area contributed by atoms with E-state index in [9.17, 15) is 4.79 Å². The molecule has 0 bridgehead atoms. The second-order valence-corrected chi connectivity index (χ2v) is 6.51. The summed E-state index contributed by atoms with van der Waals surface area (Å²) in [6.45, 7) is 0.459. The lowest BCUT2D eigenvalue weighted by Crippen LogP contribution is -2.21. The summed E-state index contributed by atoms with van der Waals surface area (Å²) in [6.07, 6.45) is 1.69. The molecule has 5 nitrogen and oxygen atoms in total. The van der Waals surface area contributed by atoms with Gasteiger partial charge in [-0.05, 0) is 35.9 Å². The summed E-state index contributed by atoms with van der Waals surface area (Å²) >= 11 is 7.25. The van der Waals surface area contributed by atoms with Crippen LogP contribution in [0.5, 0.6) is 0 Å². The van der Waals surface area contributed by atoms with Gasteiger partial charge in [0.2, 0.25) is 5.95 Å². The highest BCUT2D eigenvalue weighted by Crippen LogP contribution is 2.27. The van der Waals surface area contributed by atoms with E-state index in [1.165, 1.54) is 11.3 Å². The predicted molar refractivity (Wildman–Crippen MR) is 97.5 cm³/mol. The lowest BCUT2D eigenvalue weighted by Gasteiger charge is -2.04.